The highest BCUT2D eigenvalue weighted by atomic mass is 16.1. The van der Waals surface area contributed by atoms with E-state index in [0.29, 0.717) is 12.2 Å². The van der Waals surface area contributed by atoms with E-state index in [9.17, 15) is 4.79 Å². The Bertz CT molecular complexity index is 271. The molecule has 1 unspecified atom stereocenters. The normalized spacial score (nSPS) is 23.6. The highest BCUT2D eigenvalue weighted by Crippen LogP contribution is 2.33. The van der Waals surface area contributed by atoms with Crippen LogP contribution in [0.5, 0.6) is 0 Å². The minimum Gasteiger partial charge on any atom is -0.299 e. The van der Waals surface area contributed by atoms with E-state index in [4.69, 9.17) is 0 Å². The fourth-order valence-corrected chi connectivity index (χ4v) is 1.83. The molecule has 0 aromatic heterocycles. The van der Waals surface area contributed by atoms with Crippen molar-refractivity contribution in [1.82, 2.24) is 0 Å². The lowest BCUT2D eigenvalue weighted by Gasteiger charge is -2.25. The summed E-state index contributed by atoms with van der Waals surface area (Å²) in [5, 5.41) is 0. The third-order valence-corrected chi connectivity index (χ3v) is 2.96. The van der Waals surface area contributed by atoms with E-state index in [1.165, 1.54) is 11.1 Å². The zero-order valence-electron chi connectivity index (χ0n) is 8.81. The van der Waals surface area contributed by atoms with Gasteiger partial charge in [0.1, 0.15) is 5.78 Å². The Kier molecular flexibility index (Phi) is 3.07. The Morgan fingerprint density at radius 2 is 2.08 bits per heavy atom. The van der Waals surface area contributed by atoms with Gasteiger partial charge in [-0.25, -0.2) is 0 Å². The number of hydrogen-bond donors (Lipinski definition) is 0. The van der Waals surface area contributed by atoms with Gasteiger partial charge in [-0.2, -0.15) is 0 Å². The molecule has 1 aliphatic rings. The average Bonchev–Trinajstić information content (AvgIpc) is 2.10. The maximum atomic E-state index is 11.5. The minimum atomic E-state index is 0.105. The summed E-state index contributed by atoms with van der Waals surface area (Å²) in [6.45, 7) is 10.2. The van der Waals surface area contributed by atoms with Crippen LogP contribution in [-0.2, 0) is 4.79 Å². The molecule has 0 spiro atoms. The van der Waals surface area contributed by atoms with Crippen LogP contribution in [-0.4, -0.2) is 5.78 Å². The van der Waals surface area contributed by atoms with Crippen molar-refractivity contribution in [3.05, 3.63) is 23.3 Å². The second kappa shape index (κ2) is 3.91. The first-order chi connectivity index (χ1) is 6.06. The van der Waals surface area contributed by atoms with Crippen LogP contribution in [0.2, 0.25) is 0 Å². The lowest BCUT2D eigenvalue weighted by molar-refractivity contribution is -0.121. The van der Waals surface area contributed by atoms with Crippen LogP contribution in [0.4, 0.5) is 0 Å². The Morgan fingerprint density at radius 3 is 2.62 bits per heavy atom. The van der Waals surface area contributed by atoms with Crippen molar-refractivity contribution in [3.8, 4) is 0 Å². The van der Waals surface area contributed by atoms with Crippen molar-refractivity contribution in [1.29, 1.82) is 0 Å². The van der Waals surface area contributed by atoms with Gasteiger partial charge in [-0.15, -0.1) is 0 Å². The molecule has 0 aromatic rings. The Labute approximate surface area is 80.5 Å². The molecule has 0 saturated heterocycles. The number of rotatable bonds is 2. The molecular formula is C12H18O. The number of Topliss-reactive ketones (excluding diaryl/α,β-unsaturated/α-hetero) is 1. The van der Waals surface area contributed by atoms with Crippen LogP contribution in [0.1, 0.15) is 40.0 Å². The molecule has 0 amide bonds. The number of hydrogen-bond acceptors (Lipinski definition) is 1. The minimum absolute atomic E-state index is 0.105. The number of carbonyl (C=O) groups is 1. The molecule has 1 aliphatic carbocycles. The van der Waals surface area contributed by atoms with Crippen molar-refractivity contribution in [2.75, 3.05) is 0 Å². The lowest BCUT2D eigenvalue weighted by Crippen LogP contribution is -2.19. The second-order valence-corrected chi connectivity index (χ2v) is 3.97. The predicted octanol–water partition coefficient (Wildman–Crippen LogP) is 3.27. The van der Waals surface area contributed by atoms with Gasteiger partial charge in [0.05, 0.1) is 0 Å². The maximum absolute atomic E-state index is 11.5. The highest BCUT2D eigenvalue weighted by molar-refractivity contribution is 5.84. The first-order valence-corrected chi connectivity index (χ1v) is 4.91. The molecule has 0 aromatic carbocycles. The molecule has 1 atom stereocenters. The van der Waals surface area contributed by atoms with Crippen LogP contribution < -0.4 is 0 Å². The zero-order chi connectivity index (χ0) is 10.0. The van der Waals surface area contributed by atoms with E-state index in [0.717, 1.165) is 18.4 Å². The predicted molar refractivity (Wildman–Crippen MR) is 55.5 cm³/mol. The van der Waals surface area contributed by atoms with Gasteiger partial charge in [0, 0.05) is 12.3 Å². The van der Waals surface area contributed by atoms with E-state index in [1.54, 1.807) is 0 Å². The van der Waals surface area contributed by atoms with Gasteiger partial charge in [0.15, 0.2) is 0 Å². The third-order valence-electron chi connectivity index (χ3n) is 2.96. The molecule has 13 heavy (non-hydrogen) atoms. The van der Waals surface area contributed by atoms with Crippen molar-refractivity contribution < 1.29 is 4.79 Å². The van der Waals surface area contributed by atoms with E-state index in [2.05, 4.69) is 20.4 Å². The van der Waals surface area contributed by atoms with E-state index in [1.807, 2.05) is 6.92 Å². The largest absolute Gasteiger partial charge is 0.299 e. The topological polar surface area (TPSA) is 17.1 Å². The standard InChI is InChI=1S/C12H18O/c1-5-12(13)11-7-9(3)8(2)6-10(11)4/h11H,4-7H2,1-3H3. The van der Waals surface area contributed by atoms with Gasteiger partial charge in [-0.3, -0.25) is 4.79 Å². The summed E-state index contributed by atoms with van der Waals surface area (Å²) in [6, 6.07) is 0. The van der Waals surface area contributed by atoms with Gasteiger partial charge in [-0.05, 0) is 26.7 Å². The summed E-state index contributed by atoms with van der Waals surface area (Å²) in [6.07, 6.45) is 2.45. The van der Waals surface area contributed by atoms with Gasteiger partial charge < -0.3 is 0 Å². The van der Waals surface area contributed by atoms with Crippen LogP contribution >= 0.6 is 0 Å². The summed E-state index contributed by atoms with van der Waals surface area (Å²) < 4.78 is 0. The van der Waals surface area contributed by atoms with Gasteiger partial charge >= 0.3 is 0 Å². The molecule has 0 aliphatic heterocycles. The first kappa shape index (κ1) is 10.2. The lowest BCUT2D eigenvalue weighted by atomic mass is 9.79. The summed E-state index contributed by atoms with van der Waals surface area (Å²) >= 11 is 0. The summed E-state index contributed by atoms with van der Waals surface area (Å²) in [5.74, 6) is 0.450. The molecule has 72 valence electrons. The van der Waals surface area contributed by atoms with Crippen molar-refractivity contribution in [2.45, 2.75) is 40.0 Å². The van der Waals surface area contributed by atoms with Crippen LogP contribution in [0.15, 0.2) is 23.3 Å². The van der Waals surface area contributed by atoms with Gasteiger partial charge in [-0.1, -0.05) is 30.2 Å². The Hall–Kier alpha value is -0.850. The van der Waals surface area contributed by atoms with Gasteiger partial charge in [0.2, 0.25) is 0 Å². The average molecular weight is 178 g/mol. The maximum Gasteiger partial charge on any atom is 0.140 e. The zero-order valence-corrected chi connectivity index (χ0v) is 8.81. The quantitative estimate of drug-likeness (QED) is 0.593. The Balaban J connectivity index is 2.82. The number of allylic oxidation sites excluding steroid dienone is 3. The fourth-order valence-electron chi connectivity index (χ4n) is 1.83. The molecule has 1 heteroatoms. The van der Waals surface area contributed by atoms with Crippen molar-refractivity contribution in [2.24, 2.45) is 5.92 Å². The van der Waals surface area contributed by atoms with Crippen molar-refractivity contribution >= 4 is 5.78 Å². The smallest absolute Gasteiger partial charge is 0.140 e. The fraction of sp³-hybridized carbons (Fsp3) is 0.583. The molecule has 0 heterocycles. The molecule has 1 nitrogen and oxygen atoms in total. The molecular weight excluding hydrogens is 160 g/mol. The molecule has 0 N–H and O–H groups in total. The number of ketones is 1. The van der Waals surface area contributed by atoms with E-state index in [-0.39, 0.29) is 5.92 Å². The Morgan fingerprint density at radius 1 is 1.46 bits per heavy atom. The molecule has 0 radical (unpaired) electrons. The summed E-state index contributed by atoms with van der Waals surface area (Å²) in [4.78, 5) is 11.5. The summed E-state index contributed by atoms with van der Waals surface area (Å²) in [5.41, 5.74) is 3.87. The third kappa shape index (κ3) is 2.09. The van der Waals surface area contributed by atoms with E-state index >= 15 is 0 Å². The molecule has 1 rings (SSSR count). The molecule has 0 bridgehead atoms. The molecule has 0 fully saturated rings. The van der Waals surface area contributed by atoms with Crippen LogP contribution in [0.25, 0.3) is 0 Å². The van der Waals surface area contributed by atoms with Crippen molar-refractivity contribution in [3.63, 3.8) is 0 Å². The molecule has 0 saturated carbocycles. The highest BCUT2D eigenvalue weighted by Gasteiger charge is 2.24. The van der Waals surface area contributed by atoms with Gasteiger partial charge in [0.25, 0.3) is 0 Å². The first-order valence-electron chi connectivity index (χ1n) is 4.91. The second-order valence-electron chi connectivity index (χ2n) is 3.97. The van der Waals surface area contributed by atoms with Crippen LogP contribution in [0, 0.1) is 5.92 Å². The number of carbonyl (C=O) groups excluding carboxylic acids is 1. The monoisotopic (exact) mass is 178 g/mol. The SMILES string of the molecule is C=C1CC(C)=C(C)CC1C(=O)CC. The summed E-state index contributed by atoms with van der Waals surface area (Å²) in [7, 11) is 0. The van der Waals surface area contributed by atoms with Crippen LogP contribution in [0.3, 0.4) is 0 Å². The van der Waals surface area contributed by atoms with E-state index < -0.39 is 0 Å².